The number of aromatic nitrogens is 2. The van der Waals surface area contributed by atoms with Crippen LogP contribution in [0.25, 0.3) is 10.2 Å². The van der Waals surface area contributed by atoms with Crippen molar-refractivity contribution in [3.8, 4) is 0 Å². The average molecular weight is 412 g/mol. The molecule has 1 amide bonds. The van der Waals surface area contributed by atoms with E-state index in [1.807, 2.05) is 30.0 Å². The van der Waals surface area contributed by atoms with E-state index in [9.17, 15) is 9.18 Å². The van der Waals surface area contributed by atoms with Crippen molar-refractivity contribution in [2.45, 2.75) is 13.0 Å². The SMILES string of the molecule is CN(C)CC=CC(=O)N1CCc2c(sc3ncnc(Nc4ccc(F)cc4)c23)C1. The molecule has 0 fully saturated rings. The molecule has 150 valence electrons. The first-order valence-corrected chi connectivity index (χ1v) is 10.2. The van der Waals surface area contributed by atoms with Crippen LogP contribution in [0, 0.1) is 5.82 Å². The van der Waals surface area contributed by atoms with Gasteiger partial charge in [0.25, 0.3) is 0 Å². The van der Waals surface area contributed by atoms with Crippen LogP contribution in [-0.2, 0) is 17.8 Å². The zero-order valence-electron chi connectivity index (χ0n) is 16.4. The average Bonchev–Trinajstić information content (AvgIpc) is 3.08. The molecule has 0 spiro atoms. The Kier molecular flexibility index (Phi) is 5.55. The lowest BCUT2D eigenvalue weighted by molar-refractivity contribution is -0.126. The van der Waals surface area contributed by atoms with Gasteiger partial charge in [0.1, 0.15) is 22.8 Å². The molecule has 0 saturated carbocycles. The Labute approximate surface area is 172 Å². The third-order valence-electron chi connectivity index (χ3n) is 4.79. The number of carbonyl (C=O) groups is 1. The number of carbonyl (C=O) groups excluding carboxylic acids is 1. The second-order valence-corrected chi connectivity index (χ2v) is 8.30. The number of rotatable bonds is 5. The maximum Gasteiger partial charge on any atom is 0.246 e. The fraction of sp³-hybridized carbons (Fsp3) is 0.286. The van der Waals surface area contributed by atoms with Gasteiger partial charge in [0.15, 0.2) is 0 Å². The standard InChI is InChI=1S/C21H22FN5OS/c1-26(2)10-3-4-18(28)27-11-9-16-17(12-27)29-21-19(16)20(23-13-24-21)25-15-7-5-14(22)6-8-15/h3-8,13H,9-12H2,1-2H3,(H,23,24,25). The third-order valence-corrected chi connectivity index (χ3v) is 5.91. The lowest BCUT2D eigenvalue weighted by atomic mass is 10.0. The van der Waals surface area contributed by atoms with Crippen LogP contribution in [0.1, 0.15) is 10.4 Å². The number of fused-ring (bicyclic) bond motifs is 3. The van der Waals surface area contributed by atoms with Crippen molar-refractivity contribution in [2.75, 3.05) is 32.5 Å². The predicted molar refractivity (Wildman–Crippen MR) is 114 cm³/mol. The van der Waals surface area contributed by atoms with Crippen molar-refractivity contribution in [3.05, 3.63) is 59.0 Å². The number of nitrogens with one attached hydrogen (secondary N) is 1. The maximum absolute atomic E-state index is 13.2. The smallest absolute Gasteiger partial charge is 0.246 e. The Morgan fingerprint density at radius 1 is 1.31 bits per heavy atom. The molecule has 0 bridgehead atoms. The van der Waals surface area contributed by atoms with Gasteiger partial charge in [0.2, 0.25) is 5.91 Å². The molecule has 0 radical (unpaired) electrons. The van der Waals surface area contributed by atoms with Crippen molar-refractivity contribution in [1.82, 2.24) is 19.8 Å². The molecule has 6 nitrogen and oxygen atoms in total. The predicted octanol–water partition coefficient (Wildman–Crippen LogP) is 3.58. The second-order valence-electron chi connectivity index (χ2n) is 7.21. The minimum atomic E-state index is -0.277. The van der Waals surface area contributed by atoms with Crippen LogP contribution >= 0.6 is 11.3 Å². The van der Waals surface area contributed by atoms with Crippen LogP contribution in [0.2, 0.25) is 0 Å². The van der Waals surface area contributed by atoms with E-state index in [1.165, 1.54) is 24.0 Å². The molecule has 8 heteroatoms. The first-order valence-electron chi connectivity index (χ1n) is 9.39. The summed E-state index contributed by atoms with van der Waals surface area (Å²) < 4.78 is 13.2. The van der Waals surface area contributed by atoms with Gasteiger partial charge in [-0.25, -0.2) is 14.4 Å². The molecular formula is C21H22FN5OS. The fourth-order valence-electron chi connectivity index (χ4n) is 3.35. The van der Waals surface area contributed by atoms with Crippen molar-refractivity contribution >= 4 is 39.0 Å². The van der Waals surface area contributed by atoms with Crippen LogP contribution in [0.15, 0.2) is 42.7 Å². The summed E-state index contributed by atoms with van der Waals surface area (Å²) in [6.07, 6.45) is 5.83. The van der Waals surface area contributed by atoms with Gasteiger partial charge in [-0.15, -0.1) is 11.3 Å². The van der Waals surface area contributed by atoms with E-state index in [1.54, 1.807) is 29.5 Å². The summed E-state index contributed by atoms with van der Waals surface area (Å²) in [7, 11) is 3.94. The Morgan fingerprint density at radius 2 is 2.10 bits per heavy atom. The van der Waals surface area contributed by atoms with Crippen molar-refractivity contribution in [2.24, 2.45) is 0 Å². The quantitative estimate of drug-likeness (QED) is 0.651. The number of amides is 1. The van der Waals surface area contributed by atoms with Gasteiger partial charge in [-0.3, -0.25) is 4.79 Å². The largest absolute Gasteiger partial charge is 0.340 e. The zero-order valence-corrected chi connectivity index (χ0v) is 17.2. The lowest BCUT2D eigenvalue weighted by Gasteiger charge is -2.26. The minimum Gasteiger partial charge on any atom is -0.340 e. The van der Waals surface area contributed by atoms with E-state index in [2.05, 4.69) is 15.3 Å². The number of hydrogen-bond acceptors (Lipinski definition) is 6. The highest BCUT2D eigenvalue weighted by Crippen LogP contribution is 2.38. The molecular weight excluding hydrogens is 389 g/mol. The molecule has 0 unspecified atom stereocenters. The van der Waals surface area contributed by atoms with Crippen molar-refractivity contribution in [3.63, 3.8) is 0 Å². The summed E-state index contributed by atoms with van der Waals surface area (Å²) in [5.74, 6) is 0.469. The second kappa shape index (κ2) is 8.26. The van der Waals surface area contributed by atoms with Gasteiger partial charge in [-0.2, -0.15) is 0 Å². The summed E-state index contributed by atoms with van der Waals surface area (Å²) in [6, 6.07) is 6.19. The van der Waals surface area contributed by atoms with Crippen LogP contribution in [0.3, 0.4) is 0 Å². The summed E-state index contributed by atoms with van der Waals surface area (Å²) in [5, 5.41) is 4.27. The molecule has 3 aromatic rings. The van der Waals surface area contributed by atoms with Gasteiger partial charge >= 0.3 is 0 Å². The molecule has 1 aliphatic heterocycles. The molecule has 1 N–H and O–H groups in total. The normalized spacial score (nSPS) is 14.0. The zero-order chi connectivity index (χ0) is 20.4. The van der Waals surface area contributed by atoms with Gasteiger partial charge in [-0.1, -0.05) is 6.08 Å². The highest BCUT2D eigenvalue weighted by Gasteiger charge is 2.25. The summed E-state index contributed by atoms with van der Waals surface area (Å²) in [6.45, 7) is 1.98. The van der Waals surface area contributed by atoms with Crippen molar-refractivity contribution < 1.29 is 9.18 Å². The highest BCUT2D eigenvalue weighted by atomic mass is 32.1. The van der Waals surface area contributed by atoms with E-state index < -0.39 is 0 Å². The number of hydrogen-bond donors (Lipinski definition) is 1. The first kappa shape index (κ1) is 19.5. The van der Waals surface area contributed by atoms with Gasteiger partial charge in [-0.05, 0) is 50.3 Å². The summed E-state index contributed by atoms with van der Waals surface area (Å²) in [5.41, 5.74) is 1.96. The molecule has 2 aromatic heterocycles. The molecule has 4 rings (SSSR count). The summed E-state index contributed by atoms with van der Waals surface area (Å²) >= 11 is 1.60. The van der Waals surface area contributed by atoms with Crippen LogP contribution < -0.4 is 5.32 Å². The van der Waals surface area contributed by atoms with E-state index in [0.29, 0.717) is 18.9 Å². The topological polar surface area (TPSA) is 61.4 Å². The monoisotopic (exact) mass is 411 g/mol. The number of likely N-dealkylation sites (N-methyl/N-ethyl adjacent to an activating group) is 1. The van der Waals surface area contributed by atoms with Gasteiger partial charge in [0.05, 0.1) is 11.9 Å². The van der Waals surface area contributed by atoms with Gasteiger partial charge in [0, 0.05) is 29.7 Å². The first-order chi connectivity index (χ1) is 14.0. The van der Waals surface area contributed by atoms with E-state index in [4.69, 9.17) is 0 Å². The molecule has 29 heavy (non-hydrogen) atoms. The minimum absolute atomic E-state index is 0.0331. The number of anilines is 2. The van der Waals surface area contributed by atoms with Crippen LogP contribution in [-0.4, -0.2) is 52.9 Å². The Hall–Kier alpha value is -2.84. The Balaban J connectivity index is 1.58. The Morgan fingerprint density at radius 3 is 2.86 bits per heavy atom. The number of halogens is 1. The molecule has 0 aliphatic carbocycles. The molecule has 1 aromatic carbocycles. The molecule has 0 saturated heterocycles. The third kappa shape index (κ3) is 4.28. The molecule has 3 heterocycles. The number of thiophene rings is 1. The van der Waals surface area contributed by atoms with Gasteiger partial charge < -0.3 is 15.1 Å². The van der Waals surface area contributed by atoms with E-state index in [-0.39, 0.29) is 11.7 Å². The number of nitrogens with zero attached hydrogens (tertiary/aromatic N) is 4. The van der Waals surface area contributed by atoms with E-state index in [0.717, 1.165) is 33.7 Å². The Bertz CT molecular complexity index is 1060. The number of benzene rings is 1. The maximum atomic E-state index is 13.2. The van der Waals surface area contributed by atoms with Crippen molar-refractivity contribution in [1.29, 1.82) is 0 Å². The molecule has 1 aliphatic rings. The van der Waals surface area contributed by atoms with E-state index >= 15 is 0 Å². The van der Waals surface area contributed by atoms with Crippen LogP contribution in [0.4, 0.5) is 15.9 Å². The molecule has 0 atom stereocenters. The lowest BCUT2D eigenvalue weighted by Crippen LogP contribution is -2.34. The summed E-state index contributed by atoms with van der Waals surface area (Å²) in [4.78, 5) is 27.2. The fourth-order valence-corrected chi connectivity index (χ4v) is 4.55. The highest BCUT2D eigenvalue weighted by molar-refractivity contribution is 7.19. The van der Waals surface area contributed by atoms with Crippen LogP contribution in [0.5, 0.6) is 0 Å².